The molecular weight excluding hydrogens is 228 g/mol. The number of allylic oxidation sites excluding steroid dienone is 2. The van der Waals surface area contributed by atoms with Crippen LogP contribution in [-0.4, -0.2) is 36.9 Å². The maximum Gasteiger partial charge on any atom is 0.226 e. The van der Waals surface area contributed by atoms with Crippen LogP contribution in [-0.2, 0) is 9.59 Å². The van der Waals surface area contributed by atoms with E-state index in [4.69, 9.17) is 0 Å². The Hall–Kier alpha value is -1.32. The zero-order chi connectivity index (χ0) is 13.0. The number of carbonyl (C=O) groups is 2. The van der Waals surface area contributed by atoms with Crippen LogP contribution in [0.2, 0.25) is 0 Å². The average molecular weight is 250 g/mol. The normalized spacial score (nSPS) is 27.9. The van der Waals surface area contributed by atoms with Gasteiger partial charge in [-0.3, -0.25) is 9.59 Å². The minimum absolute atomic E-state index is 0.00490. The summed E-state index contributed by atoms with van der Waals surface area (Å²) in [7, 11) is 1.64. The standard InChI is InChI=1S/C14H22N2O2/c1-15-13(17)11-7-3-4-8-12(11)14(18)16-9-5-2-6-10-16/h3-4,11-12H,2,5-10H2,1H3,(H,15,17)/t11-,12-/m0/s1. The lowest BCUT2D eigenvalue weighted by atomic mass is 9.81. The molecule has 4 nitrogen and oxygen atoms in total. The highest BCUT2D eigenvalue weighted by Gasteiger charge is 2.36. The highest BCUT2D eigenvalue weighted by Crippen LogP contribution is 2.28. The first kappa shape index (κ1) is 13.1. The zero-order valence-electron chi connectivity index (χ0n) is 11.0. The Balaban J connectivity index is 2.06. The van der Waals surface area contributed by atoms with Gasteiger partial charge in [-0.2, -0.15) is 0 Å². The average Bonchev–Trinajstić information content (AvgIpc) is 2.46. The maximum absolute atomic E-state index is 12.5. The molecular formula is C14H22N2O2. The molecule has 1 heterocycles. The maximum atomic E-state index is 12.5. The topological polar surface area (TPSA) is 49.4 Å². The summed E-state index contributed by atoms with van der Waals surface area (Å²) < 4.78 is 0. The van der Waals surface area contributed by atoms with Crippen molar-refractivity contribution in [3.8, 4) is 0 Å². The quantitative estimate of drug-likeness (QED) is 0.752. The van der Waals surface area contributed by atoms with Crippen molar-refractivity contribution in [2.45, 2.75) is 32.1 Å². The van der Waals surface area contributed by atoms with E-state index >= 15 is 0 Å². The van der Waals surface area contributed by atoms with Gasteiger partial charge < -0.3 is 10.2 Å². The molecule has 0 bridgehead atoms. The number of nitrogens with one attached hydrogen (secondary N) is 1. The molecule has 2 rings (SSSR count). The largest absolute Gasteiger partial charge is 0.359 e. The second-order valence-electron chi connectivity index (χ2n) is 5.16. The summed E-state index contributed by atoms with van der Waals surface area (Å²) in [6.45, 7) is 1.72. The number of piperidine rings is 1. The molecule has 1 fully saturated rings. The third kappa shape index (κ3) is 2.74. The van der Waals surface area contributed by atoms with Crippen LogP contribution in [0.5, 0.6) is 0 Å². The molecule has 2 atom stereocenters. The summed E-state index contributed by atoms with van der Waals surface area (Å²) in [5, 5.41) is 2.68. The van der Waals surface area contributed by atoms with Crippen molar-refractivity contribution in [1.29, 1.82) is 0 Å². The zero-order valence-corrected chi connectivity index (χ0v) is 11.0. The second-order valence-corrected chi connectivity index (χ2v) is 5.16. The number of hydrogen-bond acceptors (Lipinski definition) is 2. The number of nitrogens with zero attached hydrogens (tertiary/aromatic N) is 1. The predicted molar refractivity (Wildman–Crippen MR) is 69.9 cm³/mol. The first-order valence-electron chi connectivity index (χ1n) is 6.89. The third-order valence-electron chi connectivity index (χ3n) is 4.00. The number of rotatable bonds is 2. The summed E-state index contributed by atoms with van der Waals surface area (Å²) in [5.74, 6) is -0.176. The minimum Gasteiger partial charge on any atom is -0.359 e. The number of hydrogen-bond donors (Lipinski definition) is 1. The van der Waals surface area contributed by atoms with E-state index < -0.39 is 0 Å². The molecule has 18 heavy (non-hydrogen) atoms. The summed E-state index contributed by atoms with van der Waals surface area (Å²) >= 11 is 0. The molecule has 100 valence electrons. The monoisotopic (exact) mass is 250 g/mol. The fourth-order valence-corrected chi connectivity index (χ4v) is 2.91. The SMILES string of the molecule is CNC(=O)[C@H]1CC=CC[C@@H]1C(=O)N1CCCCC1. The van der Waals surface area contributed by atoms with E-state index in [1.807, 2.05) is 17.1 Å². The van der Waals surface area contributed by atoms with Gasteiger partial charge in [0.15, 0.2) is 0 Å². The van der Waals surface area contributed by atoms with Gasteiger partial charge in [0.25, 0.3) is 0 Å². The summed E-state index contributed by atoms with van der Waals surface area (Å²) in [5.41, 5.74) is 0. The Kier molecular flexibility index (Phi) is 4.39. The first-order chi connectivity index (χ1) is 8.74. The van der Waals surface area contributed by atoms with Crippen LogP contribution in [0.4, 0.5) is 0 Å². The van der Waals surface area contributed by atoms with Gasteiger partial charge in [-0.1, -0.05) is 12.2 Å². The molecule has 0 saturated carbocycles. The molecule has 0 aromatic rings. The van der Waals surface area contributed by atoms with Crippen molar-refractivity contribution < 1.29 is 9.59 Å². The van der Waals surface area contributed by atoms with Crippen LogP contribution in [0.3, 0.4) is 0 Å². The Morgan fingerprint density at radius 1 is 1.06 bits per heavy atom. The van der Waals surface area contributed by atoms with Crippen molar-refractivity contribution in [3.63, 3.8) is 0 Å². The lowest BCUT2D eigenvalue weighted by Crippen LogP contribution is -2.45. The highest BCUT2D eigenvalue weighted by atomic mass is 16.2. The Morgan fingerprint density at radius 3 is 2.28 bits per heavy atom. The highest BCUT2D eigenvalue weighted by molar-refractivity contribution is 5.88. The van der Waals surface area contributed by atoms with Crippen molar-refractivity contribution in [2.75, 3.05) is 20.1 Å². The van der Waals surface area contributed by atoms with E-state index in [2.05, 4.69) is 5.32 Å². The lowest BCUT2D eigenvalue weighted by Gasteiger charge is -2.34. The van der Waals surface area contributed by atoms with E-state index in [-0.39, 0.29) is 23.7 Å². The molecule has 1 aliphatic heterocycles. The summed E-state index contributed by atoms with van der Waals surface area (Å²) in [4.78, 5) is 26.3. The molecule has 1 aliphatic carbocycles. The second kappa shape index (κ2) is 6.03. The van der Waals surface area contributed by atoms with Gasteiger partial charge in [-0.15, -0.1) is 0 Å². The summed E-state index contributed by atoms with van der Waals surface area (Å²) in [6.07, 6.45) is 8.84. The molecule has 0 aromatic heterocycles. The van der Waals surface area contributed by atoms with Crippen LogP contribution >= 0.6 is 0 Å². The van der Waals surface area contributed by atoms with Crippen LogP contribution in [0.25, 0.3) is 0 Å². The molecule has 1 saturated heterocycles. The van der Waals surface area contributed by atoms with Crippen molar-refractivity contribution in [2.24, 2.45) is 11.8 Å². The van der Waals surface area contributed by atoms with Gasteiger partial charge in [0.05, 0.1) is 11.8 Å². The van der Waals surface area contributed by atoms with Gasteiger partial charge in [0.2, 0.25) is 11.8 Å². The van der Waals surface area contributed by atoms with E-state index in [1.54, 1.807) is 7.05 Å². The van der Waals surface area contributed by atoms with Crippen molar-refractivity contribution in [3.05, 3.63) is 12.2 Å². The Labute approximate surface area is 108 Å². The van der Waals surface area contributed by atoms with Gasteiger partial charge in [0.1, 0.15) is 0 Å². The van der Waals surface area contributed by atoms with E-state index in [9.17, 15) is 9.59 Å². The number of amides is 2. The van der Waals surface area contributed by atoms with Crippen molar-refractivity contribution in [1.82, 2.24) is 10.2 Å². The molecule has 4 heteroatoms. The van der Waals surface area contributed by atoms with Gasteiger partial charge in [-0.05, 0) is 32.1 Å². The fraction of sp³-hybridized carbons (Fsp3) is 0.714. The molecule has 0 radical (unpaired) electrons. The van der Waals surface area contributed by atoms with Crippen LogP contribution in [0.1, 0.15) is 32.1 Å². The Morgan fingerprint density at radius 2 is 1.67 bits per heavy atom. The molecule has 0 unspecified atom stereocenters. The number of likely N-dealkylation sites (tertiary alicyclic amines) is 1. The predicted octanol–water partition coefficient (Wildman–Crippen LogP) is 1.33. The van der Waals surface area contributed by atoms with E-state index in [1.165, 1.54) is 6.42 Å². The molecule has 0 aromatic carbocycles. The van der Waals surface area contributed by atoms with Gasteiger partial charge >= 0.3 is 0 Å². The molecule has 1 N–H and O–H groups in total. The minimum atomic E-state index is -0.186. The van der Waals surface area contributed by atoms with Crippen LogP contribution < -0.4 is 5.32 Å². The van der Waals surface area contributed by atoms with Crippen LogP contribution in [0, 0.1) is 11.8 Å². The molecule has 2 amide bonds. The molecule has 2 aliphatic rings. The third-order valence-corrected chi connectivity index (χ3v) is 4.00. The van der Waals surface area contributed by atoms with Crippen molar-refractivity contribution >= 4 is 11.8 Å². The smallest absolute Gasteiger partial charge is 0.226 e. The molecule has 0 spiro atoms. The number of carbonyl (C=O) groups excluding carboxylic acids is 2. The van der Waals surface area contributed by atoms with E-state index in [0.29, 0.717) is 12.8 Å². The van der Waals surface area contributed by atoms with Gasteiger partial charge in [0, 0.05) is 20.1 Å². The summed E-state index contributed by atoms with van der Waals surface area (Å²) in [6, 6.07) is 0. The Bertz CT molecular complexity index is 346. The fourth-order valence-electron chi connectivity index (χ4n) is 2.91. The van der Waals surface area contributed by atoms with Crippen LogP contribution in [0.15, 0.2) is 12.2 Å². The lowest BCUT2D eigenvalue weighted by molar-refractivity contribution is -0.142. The first-order valence-corrected chi connectivity index (χ1v) is 6.89. The van der Waals surface area contributed by atoms with Gasteiger partial charge in [-0.25, -0.2) is 0 Å². The van der Waals surface area contributed by atoms with E-state index in [0.717, 1.165) is 25.9 Å².